The molecule has 0 bridgehead atoms. The normalized spacial score (nSPS) is 15.0. The van der Waals surface area contributed by atoms with Crippen LogP contribution in [0, 0.1) is 13.8 Å². The zero-order valence-corrected chi connectivity index (χ0v) is 19.9. The van der Waals surface area contributed by atoms with Crippen molar-refractivity contribution in [2.45, 2.75) is 71.5 Å². The number of benzene rings is 2. The second-order valence-electron chi connectivity index (χ2n) is 8.60. The van der Waals surface area contributed by atoms with Gasteiger partial charge in [0, 0.05) is 22.6 Å². The van der Waals surface area contributed by atoms with Crippen molar-refractivity contribution in [3.8, 4) is 0 Å². The summed E-state index contributed by atoms with van der Waals surface area (Å²) in [6.45, 7) is 6.07. The van der Waals surface area contributed by atoms with Gasteiger partial charge in [-0.1, -0.05) is 71.4 Å². The number of hydrogen-bond acceptors (Lipinski definition) is 2. The number of aryl methyl sites for hydroxylation is 2. The first-order valence-electron chi connectivity index (χ1n) is 10.8. The third kappa shape index (κ3) is 6.47. The molecule has 166 valence electrons. The fourth-order valence-electron chi connectivity index (χ4n) is 4.26. The number of halogens is 2. The van der Waals surface area contributed by atoms with Crippen LogP contribution in [0.25, 0.3) is 0 Å². The topological polar surface area (TPSA) is 49.4 Å². The highest BCUT2D eigenvalue weighted by molar-refractivity contribution is 6.35. The predicted octanol–water partition coefficient (Wildman–Crippen LogP) is 5.63. The van der Waals surface area contributed by atoms with Crippen LogP contribution in [-0.2, 0) is 22.6 Å². The van der Waals surface area contributed by atoms with E-state index in [0.29, 0.717) is 10.0 Å². The van der Waals surface area contributed by atoms with Crippen molar-refractivity contribution in [1.29, 1.82) is 0 Å². The lowest BCUT2D eigenvalue weighted by molar-refractivity contribution is -0.140. The number of rotatable bonds is 7. The Hall–Kier alpha value is -2.04. The van der Waals surface area contributed by atoms with E-state index in [1.165, 1.54) is 0 Å². The molecule has 1 aliphatic carbocycles. The number of carbonyl (C=O) groups excluding carboxylic acids is 2. The van der Waals surface area contributed by atoms with Gasteiger partial charge in [0.05, 0.1) is 6.42 Å². The molecule has 0 unspecified atom stereocenters. The van der Waals surface area contributed by atoms with E-state index < -0.39 is 6.04 Å². The zero-order valence-electron chi connectivity index (χ0n) is 18.4. The first-order valence-corrected chi connectivity index (χ1v) is 11.6. The minimum Gasteiger partial charge on any atom is -0.352 e. The second kappa shape index (κ2) is 10.5. The van der Waals surface area contributed by atoms with Crippen molar-refractivity contribution < 1.29 is 9.59 Å². The Bertz CT molecular complexity index is 934. The molecular formula is C25H30Cl2N2O2. The maximum Gasteiger partial charge on any atom is 0.242 e. The number of nitrogens with one attached hydrogen (secondary N) is 1. The van der Waals surface area contributed by atoms with Crippen molar-refractivity contribution >= 4 is 35.0 Å². The lowest BCUT2D eigenvalue weighted by Crippen LogP contribution is -2.50. The molecule has 6 heteroatoms. The Morgan fingerprint density at radius 1 is 1.06 bits per heavy atom. The molecule has 0 aromatic heterocycles. The molecule has 2 aromatic rings. The van der Waals surface area contributed by atoms with E-state index in [1.807, 2.05) is 32.0 Å². The van der Waals surface area contributed by atoms with Crippen LogP contribution < -0.4 is 5.32 Å². The van der Waals surface area contributed by atoms with Crippen LogP contribution in [0.15, 0.2) is 36.4 Å². The molecule has 31 heavy (non-hydrogen) atoms. The summed E-state index contributed by atoms with van der Waals surface area (Å²) in [5, 5.41) is 4.14. The van der Waals surface area contributed by atoms with Crippen LogP contribution in [0.5, 0.6) is 0 Å². The average Bonchev–Trinajstić information content (AvgIpc) is 3.19. The molecule has 0 spiro atoms. The minimum absolute atomic E-state index is 0.106. The fourth-order valence-corrected chi connectivity index (χ4v) is 4.72. The number of amides is 2. The Kier molecular flexibility index (Phi) is 8.01. The molecule has 1 N–H and O–H groups in total. The van der Waals surface area contributed by atoms with Gasteiger partial charge in [-0.15, -0.1) is 0 Å². The van der Waals surface area contributed by atoms with Gasteiger partial charge in [-0.05, 0) is 56.9 Å². The molecule has 4 nitrogen and oxygen atoms in total. The fraction of sp³-hybridized carbons (Fsp3) is 0.440. The summed E-state index contributed by atoms with van der Waals surface area (Å²) < 4.78 is 0. The van der Waals surface area contributed by atoms with Gasteiger partial charge in [0.15, 0.2) is 0 Å². The highest BCUT2D eigenvalue weighted by atomic mass is 35.5. The standard InChI is InChI=1S/C25H30Cl2N2O2/c1-16-10-17(2)12-19(11-16)13-24(30)29(15-20-8-9-21(26)14-23(20)27)18(3)25(31)28-22-6-4-5-7-22/h8-12,14,18,22H,4-7,13,15H2,1-3H3,(H,28,31)/t18-/m1/s1. The van der Waals surface area contributed by atoms with Gasteiger partial charge in [-0.2, -0.15) is 0 Å². The van der Waals surface area contributed by atoms with Crippen LogP contribution >= 0.6 is 23.2 Å². The molecule has 2 aromatic carbocycles. The summed E-state index contributed by atoms with van der Waals surface area (Å²) >= 11 is 12.4. The van der Waals surface area contributed by atoms with Gasteiger partial charge in [-0.25, -0.2) is 0 Å². The van der Waals surface area contributed by atoms with E-state index >= 15 is 0 Å². The second-order valence-corrected chi connectivity index (χ2v) is 9.44. The number of nitrogens with zero attached hydrogens (tertiary/aromatic N) is 1. The smallest absolute Gasteiger partial charge is 0.242 e. The van der Waals surface area contributed by atoms with Gasteiger partial charge < -0.3 is 10.2 Å². The van der Waals surface area contributed by atoms with Crippen LogP contribution in [0.4, 0.5) is 0 Å². The lowest BCUT2D eigenvalue weighted by atomic mass is 10.0. The molecule has 0 radical (unpaired) electrons. The van der Waals surface area contributed by atoms with Gasteiger partial charge in [0.1, 0.15) is 6.04 Å². The average molecular weight is 461 g/mol. The summed E-state index contributed by atoms with van der Waals surface area (Å²) in [4.78, 5) is 28.0. The molecule has 3 rings (SSSR count). The Balaban J connectivity index is 1.82. The first-order chi connectivity index (χ1) is 14.7. The molecule has 1 fully saturated rings. The quantitative estimate of drug-likeness (QED) is 0.581. The summed E-state index contributed by atoms with van der Waals surface area (Å²) in [6, 6.07) is 10.9. The van der Waals surface area contributed by atoms with Gasteiger partial charge in [-0.3, -0.25) is 9.59 Å². The Morgan fingerprint density at radius 2 is 1.71 bits per heavy atom. The predicted molar refractivity (Wildman–Crippen MR) is 126 cm³/mol. The van der Waals surface area contributed by atoms with Crippen molar-refractivity contribution in [3.63, 3.8) is 0 Å². The molecule has 1 atom stereocenters. The van der Waals surface area contributed by atoms with Crippen LogP contribution in [0.3, 0.4) is 0 Å². The summed E-state index contributed by atoms with van der Waals surface area (Å²) in [7, 11) is 0. The van der Waals surface area contributed by atoms with E-state index in [0.717, 1.165) is 47.9 Å². The highest BCUT2D eigenvalue weighted by Gasteiger charge is 2.29. The summed E-state index contributed by atoms with van der Waals surface area (Å²) in [5.41, 5.74) is 3.93. The zero-order chi connectivity index (χ0) is 22.5. The van der Waals surface area contributed by atoms with Gasteiger partial charge in [0.25, 0.3) is 0 Å². The van der Waals surface area contributed by atoms with E-state index in [9.17, 15) is 9.59 Å². The molecular weight excluding hydrogens is 431 g/mol. The molecule has 0 aliphatic heterocycles. The largest absolute Gasteiger partial charge is 0.352 e. The van der Waals surface area contributed by atoms with Crippen LogP contribution in [-0.4, -0.2) is 28.8 Å². The van der Waals surface area contributed by atoms with Crippen molar-refractivity contribution in [2.75, 3.05) is 0 Å². The lowest BCUT2D eigenvalue weighted by Gasteiger charge is -2.30. The molecule has 0 heterocycles. The van der Waals surface area contributed by atoms with Crippen molar-refractivity contribution in [2.24, 2.45) is 0 Å². The maximum atomic E-state index is 13.4. The highest BCUT2D eigenvalue weighted by Crippen LogP contribution is 2.24. The monoisotopic (exact) mass is 460 g/mol. The first kappa shape index (κ1) is 23.6. The number of hydrogen-bond donors (Lipinski definition) is 1. The van der Waals surface area contributed by atoms with Gasteiger partial charge in [0.2, 0.25) is 11.8 Å². The van der Waals surface area contributed by atoms with Crippen LogP contribution in [0.2, 0.25) is 10.0 Å². The number of carbonyl (C=O) groups is 2. The minimum atomic E-state index is -0.606. The van der Waals surface area contributed by atoms with Crippen molar-refractivity contribution in [1.82, 2.24) is 10.2 Å². The molecule has 0 saturated heterocycles. The maximum absolute atomic E-state index is 13.4. The Morgan fingerprint density at radius 3 is 2.32 bits per heavy atom. The van der Waals surface area contributed by atoms with Gasteiger partial charge >= 0.3 is 0 Å². The van der Waals surface area contributed by atoms with E-state index in [2.05, 4.69) is 11.4 Å². The van der Waals surface area contributed by atoms with E-state index in [4.69, 9.17) is 23.2 Å². The molecule has 2 amide bonds. The molecule has 1 saturated carbocycles. The van der Waals surface area contributed by atoms with Crippen molar-refractivity contribution in [3.05, 3.63) is 68.7 Å². The van der Waals surface area contributed by atoms with E-state index in [1.54, 1.807) is 24.0 Å². The van der Waals surface area contributed by atoms with E-state index in [-0.39, 0.29) is 30.8 Å². The Labute approximate surface area is 194 Å². The van der Waals surface area contributed by atoms with Crippen LogP contribution in [0.1, 0.15) is 54.9 Å². The molecule has 1 aliphatic rings. The third-order valence-electron chi connectivity index (χ3n) is 5.86. The third-order valence-corrected chi connectivity index (χ3v) is 6.45. The summed E-state index contributed by atoms with van der Waals surface area (Å²) in [5.74, 6) is -0.226. The summed E-state index contributed by atoms with van der Waals surface area (Å²) in [6.07, 6.45) is 4.49. The SMILES string of the molecule is Cc1cc(C)cc(CC(=O)N(Cc2ccc(Cl)cc2Cl)[C@H](C)C(=O)NC2CCCC2)c1.